The number of hydrogen-bond donors (Lipinski definition) is 1. The Morgan fingerprint density at radius 1 is 1.44 bits per heavy atom. The van der Waals surface area contributed by atoms with Gasteiger partial charge in [0, 0.05) is 25.9 Å². The average Bonchev–Trinajstić information content (AvgIpc) is 2.21. The highest BCUT2D eigenvalue weighted by Gasteiger charge is 2.06. The monoisotopic (exact) mass is 225 g/mol. The Balaban J connectivity index is 4.04. The standard InChI is InChI=1S/C13H23NO2/c1-5-8-14-9-13(7-6-11(2)3)10-16-12(4)15/h5-7,11,13-14H,1,8-10H2,2-4H3/b7-6+/t13-/m1/s1. The Hall–Kier alpha value is -1.09. The van der Waals surface area contributed by atoms with Crippen LogP contribution in [-0.4, -0.2) is 25.7 Å². The van der Waals surface area contributed by atoms with E-state index in [0.29, 0.717) is 12.5 Å². The molecule has 1 N–H and O–H groups in total. The first-order chi connectivity index (χ1) is 7.56. The molecule has 0 aliphatic rings. The van der Waals surface area contributed by atoms with Gasteiger partial charge in [-0.1, -0.05) is 32.1 Å². The summed E-state index contributed by atoms with van der Waals surface area (Å²) in [4.78, 5) is 10.7. The van der Waals surface area contributed by atoms with Crippen LogP contribution in [0.25, 0.3) is 0 Å². The lowest BCUT2D eigenvalue weighted by molar-refractivity contribution is -0.141. The van der Waals surface area contributed by atoms with Crippen LogP contribution >= 0.6 is 0 Å². The third kappa shape index (κ3) is 9.46. The lowest BCUT2D eigenvalue weighted by Gasteiger charge is -2.13. The molecule has 0 fully saturated rings. The number of nitrogens with one attached hydrogen (secondary N) is 1. The fraction of sp³-hybridized carbons (Fsp3) is 0.615. The number of carbonyl (C=O) groups is 1. The molecule has 0 aliphatic carbocycles. The Morgan fingerprint density at radius 3 is 2.62 bits per heavy atom. The van der Waals surface area contributed by atoms with Crippen LogP contribution in [0, 0.1) is 11.8 Å². The van der Waals surface area contributed by atoms with E-state index in [0.717, 1.165) is 13.1 Å². The molecule has 0 spiro atoms. The maximum atomic E-state index is 10.7. The van der Waals surface area contributed by atoms with E-state index in [1.54, 1.807) is 0 Å². The summed E-state index contributed by atoms with van der Waals surface area (Å²) in [5, 5.41) is 3.22. The molecular weight excluding hydrogens is 202 g/mol. The van der Waals surface area contributed by atoms with Crippen molar-refractivity contribution in [2.75, 3.05) is 19.7 Å². The van der Waals surface area contributed by atoms with Gasteiger partial charge in [0.2, 0.25) is 0 Å². The van der Waals surface area contributed by atoms with Gasteiger partial charge in [-0.15, -0.1) is 6.58 Å². The summed E-state index contributed by atoms with van der Waals surface area (Å²) in [6.45, 7) is 11.3. The van der Waals surface area contributed by atoms with Gasteiger partial charge < -0.3 is 10.1 Å². The molecule has 16 heavy (non-hydrogen) atoms. The molecule has 0 amide bonds. The second-order valence-corrected chi connectivity index (χ2v) is 4.14. The second-order valence-electron chi connectivity index (χ2n) is 4.14. The molecule has 0 aromatic carbocycles. The molecule has 92 valence electrons. The van der Waals surface area contributed by atoms with Gasteiger partial charge >= 0.3 is 5.97 Å². The van der Waals surface area contributed by atoms with Gasteiger partial charge in [0.1, 0.15) is 0 Å². The Bertz CT molecular complexity index is 234. The minimum Gasteiger partial charge on any atom is -0.465 e. The normalized spacial score (nSPS) is 13.0. The summed E-state index contributed by atoms with van der Waals surface area (Å²) in [6.07, 6.45) is 6.04. The lowest BCUT2D eigenvalue weighted by Crippen LogP contribution is -2.25. The molecule has 3 nitrogen and oxygen atoms in total. The van der Waals surface area contributed by atoms with Crippen molar-refractivity contribution in [1.29, 1.82) is 0 Å². The van der Waals surface area contributed by atoms with Crippen LogP contribution in [-0.2, 0) is 9.53 Å². The van der Waals surface area contributed by atoms with E-state index >= 15 is 0 Å². The van der Waals surface area contributed by atoms with E-state index in [2.05, 4.69) is 37.9 Å². The molecule has 0 aromatic heterocycles. The Kier molecular flexibility index (Phi) is 8.53. The first-order valence-corrected chi connectivity index (χ1v) is 5.69. The fourth-order valence-electron chi connectivity index (χ4n) is 1.16. The molecule has 3 heteroatoms. The van der Waals surface area contributed by atoms with Crippen LogP contribution < -0.4 is 5.32 Å². The molecule has 0 saturated carbocycles. The molecule has 0 saturated heterocycles. The van der Waals surface area contributed by atoms with Gasteiger partial charge in [0.25, 0.3) is 0 Å². The van der Waals surface area contributed by atoms with Crippen LogP contribution in [0.5, 0.6) is 0 Å². The molecule has 0 heterocycles. The van der Waals surface area contributed by atoms with Gasteiger partial charge in [-0.25, -0.2) is 0 Å². The van der Waals surface area contributed by atoms with Crippen molar-refractivity contribution < 1.29 is 9.53 Å². The summed E-state index contributed by atoms with van der Waals surface area (Å²) < 4.78 is 5.01. The smallest absolute Gasteiger partial charge is 0.302 e. The van der Waals surface area contributed by atoms with Crippen LogP contribution in [0.2, 0.25) is 0 Å². The number of ether oxygens (including phenoxy) is 1. The zero-order valence-corrected chi connectivity index (χ0v) is 10.5. The van der Waals surface area contributed by atoms with E-state index in [4.69, 9.17) is 4.74 Å². The van der Waals surface area contributed by atoms with Gasteiger partial charge in [0.15, 0.2) is 0 Å². The van der Waals surface area contributed by atoms with E-state index < -0.39 is 0 Å². The summed E-state index contributed by atoms with van der Waals surface area (Å²) >= 11 is 0. The molecule has 0 unspecified atom stereocenters. The predicted molar refractivity (Wildman–Crippen MR) is 67.2 cm³/mol. The summed E-state index contributed by atoms with van der Waals surface area (Å²) in [7, 11) is 0. The summed E-state index contributed by atoms with van der Waals surface area (Å²) in [5.74, 6) is 0.511. The van der Waals surface area contributed by atoms with Gasteiger partial charge in [-0.2, -0.15) is 0 Å². The van der Waals surface area contributed by atoms with Crippen LogP contribution in [0.3, 0.4) is 0 Å². The van der Waals surface area contributed by atoms with Crippen molar-refractivity contribution in [3.63, 3.8) is 0 Å². The molecule has 1 atom stereocenters. The quantitative estimate of drug-likeness (QED) is 0.391. The predicted octanol–water partition coefficient (Wildman–Crippen LogP) is 2.15. The SMILES string of the molecule is C=CCNC[C@@H](/C=C/C(C)C)COC(C)=O. The number of allylic oxidation sites excluding steroid dienone is 1. The third-order valence-corrected chi connectivity index (χ3v) is 1.96. The zero-order valence-electron chi connectivity index (χ0n) is 10.5. The highest BCUT2D eigenvalue weighted by Crippen LogP contribution is 2.03. The highest BCUT2D eigenvalue weighted by atomic mass is 16.5. The van der Waals surface area contributed by atoms with Crippen molar-refractivity contribution >= 4 is 5.97 Å². The van der Waals surface area contributed by atoms with Crippen LogP contribution in [0.1, 0.15) is 20.8 Å². The van der Waals surface area contributed by atoms with Crippen molar-refractivity contribution in [3.8, 4) is 0 Å². The van der Waals surface area contributed by atoms with Crippen molar-refractivity contribution in [1.82, 2.24) is 5.32 Å². The summed E-state index contributed by atoms with van der Waals surface area (Å²) in [5.41, 5.74) is 0. The van der Waals surface area contributed by atoms with E-state index in [1.807, 2.05) is 6.08 Å². The molecular formula is C13H23NO2. The highest BCUT2D eigenvalue weighted by molar-refractivity contribution is 5.65. The Labute approximate surface area is 98.6 Å². The maximum Gasteiger partial charge on any atom is 0.302 e. The van der Waals surface area contributed by atoms with E-state index in [1.165, 1.54) is 6.92 Å². The second kappa shape index (κ2) is 9.16. The summed E-state index contributed by atoms with van der Waals surface area (Å²) in [6, 6.07) is 0. The molecule has 0 rings (SSSR count). The molecule has 0 aromatic rings. The lowest BCUT2D eigenvalue weighted by atomic mass is 10.1. The maximum absolute atomic E-state index is 10.7. The zero-order chi connectivity index (χ0) is 12.4. The van der Waals surface area contributed by atoms with Gasteiger partial charge in [-0.05, 0) is 5.92 Å². The topological polar surface area (TPSA) is 38.3 Å². The fourth-order valence-corrected chi connectivity index (χ4v) is 1.16. The van der Waals surface area contributed by atoms with Crippen LogP contribution in [0.15, 0.2) is 24.8 Å². The van der Waals surface area contributed by atoms with Crippen molar-refractivity contribution in [2.45, 2.75) is 20.8 Å². The number of rotatable bonds is 8. The average molecular weight is 225 g/mol. The van der Waals surface area contributed by atoms with Gasteiger partial charge in [0.05, 0.1) is 6.61 Å². The number of esters is 1. The number of carbonyl (C=O) groups excluding carboxylic acids is 1. The Morgan fingerprint density at radius 2 is 2.12 bits per heavy atom. The molecule has 0 aliphatic heterocycles. The first kappa shape index (κ1) is 14.9. The van der Waals surface area contributed by atoms with Gasteiger partial charge in [-0.3, -0.25) is 4.79 Å². The van der Waals surface area contributed by atoms with E-state index in [-0.39, 0.29) is 11.9 Å². The minimum atomic E-state index is -0.230. The number of hydrogen-bond acceptors (Lipinski definition) is 3. The minimum absolute atomic E-state index is 0.228. The molecule has 0 radical (unpaired) electrons. The van der Waals surface area contributed by atoms with Crippen molar-refractivity contribution in [3.05, 3.63) is 24.8 Å². The third-order valence-electron chi connectivity index (χ3n) is 1.96. The van der Waals surface area contributed by atoms with E-state index in [9.17, 15) is 4.79 Å². The van der Waals surface area contributed by atoms with Crippen LogP contribution in [0.4, 0.5) is 0 Å². The molecule has 0 bridgehead atoms. The van der Waals surface area contributed by atoms with Crippen molar-refractivity contribution in [2.24, 2.45) is 11.8 Å². The largest absolute Gasteiger partial charge is 0.465 e. The first-order valence-electron chi connectivity index (χ1n) is 5.69.